The minimum atomic E-state index is -0.261. The van der Waals surface area contributed by atoms with Crippen LogP contribution in [0.25, 0.3) is 0 Å². The summed E-state index contributed by atoms with van der Waals surface area (Å²) in [5.41, 5.74) is 2.16. The molecule has 1 heterocycles. The van der Waals surface area contributed by atoms with Crippen molar-refractivity contribution in [1.29, 1.82) is 0 Å². The first-order valence-electron chi connectivity index (χ1n) is 7.26. The van der Waals surface area contributed by atoms with Crippen molar-refractivity contribution in [2.45, 2.75) is 32.5 Å². The van der Waals surface area contributed by atoms with Crippen molar-refractivity contribution in [3.8, 4) is 5.75 Å². The maximum Gasteiger partial charge on any atom is 0.242 e. The van der Waals surface area contributed by atoms with Crippen LogP contribution < -0.4 is 10.1 Å². The van der Waals surface area contributed by atoms with Crippen molar-refractivity contribution in [3.63, 3.8) is 0 Å². The number of amides is 1. The molecule has 5 nitrogen and oxygen atoms in total. The Hall–Kier alpha value is -1.59. The van der Waals surface area contributed by atoms with Crippen molar-refractivity contribution in [1.82, 2.24) is 10.2 Å². The van der Waals surface area contributed by atoms with Gasteiger partial charge < -0.3 is 19.7 Å². The second-order valence-corrected chi connectivity index (χ2v) is 5.51. The van der Waals surface area contributed by atoms with Crippen molar-refractivity contribution >= 4 is 5.91 Å². The Morgan fingerprint density at radius 1 is 1.52 bits per heavy atom. The van der Waals surface area contributed by atoms with Crippen molar-refractivity contribution in [2.75, 3.05) is 27.3 Å². The summed E-state index contributed by atoms with van der Waals surface area (Å²) < 4.78 is 10.8. The summed E-state index contributed by atoms with van der Waals surface area (Å²) >= 11 is 0. The molecule has 1 aromatic rings. The van der Waals surface area contributed by atoms with Crippen LogP contribution in [-0.2, 0) is 16.1 Å². The summed E-state index contributed by atoms with van der Waals surface area (Å²) in [7, 11) is 3.48. The average Bonchev–Trinajstić information content (AvgIpc) is 2.47. The number of hydrogen-bond acceptors (Lipinski definition) is 4. The molecular formula is C16H24N2O3. The van der Waals surface area contributed by atoms with Gasteiger partial charge in [-0.2, -0.15) is 0 Å². The Morgan fingerprint density at radius 2 is 2.29 bits per heavy atom. The summed E-state index contributed by atoms with van der Waals surface area (Å²) in [5.74, 6) is 0.930. The molecule has 0 aromatic heterocycles. The quantitative estimate of drug-likeness (QED) is 0.910. The molecule has 2 atom stereocenters. The number of nitrogens with one attached hydrogen (secondary N) is 1. The number of aryl methyl sites for hydroxylation is 1. The Bertz CT molecular complexity index is 504. The maximum absolute atomic E-state index is 12.5. The number of ether oxygens (including phenoxy) is 2. The molecule has 0 aliphatic carbocycles. The van der Waals surface area contributed by atoms with Gasteiger partial charge in [0, 0.05) is 20.1 Å². The summed E-state index contributed by atoms with van der Waals surface area (Å²) in [6.07, 6.45) is -0.0914. The van der Waals surface area contributed by atoms with E-state index in [1.54, 1.807) is 12.0 Å². The van der Waals surface area contributed by atoms with Gasteiger partial charge in [0.15, 0.2) is 0 Å². The van der Waals surface area contributed by atoms with Crippen LogP contribution in [0.1, 0.15) is 18.1 Å². The van der Waals surface area contributed by atoms with E-state index in [2.05, 4.69) is 11.4 Å². The molecular weight excluding hydrogens is 268 g/mol. The van der Waals surface area contributed by atoms with Gasteiger partial charge in [0.25, 0.3) is 0 Å². The van der Waals surface area contributed by atoms with E-state index in [-0.39, 0.29) is 18.1 Å². The highest BCUT2D eigenvalue weighted by atomic mass is 16.5. The molecule has 1 amide bonds. The van der Waals surface area contributed by atoms with E-state index in [1.165, 1.54) is 0 Å². The number of benzene rings is 1. The summed E-state index contributed by atoms with van der Waals surface area (Å²) in [4.78, 5) is 14.2. The molecule has 1 aliphatic heterocycles. The van der Waals surface area contributed by atoms with Gasteiger partial charge in [0.1, 0.15) is 11.8 Å². The van der Waals surface area contributed by atoms with Crippen LogP contribution in [0.5, 0.6) is 5.75 Å². The normalized spacial score (nSPS) is 21.9. The van der Waals surface area contributed by atoms with Crippen LogP contribution in [0, 0.1) is 6.92 Å². The van der Waals surface area contributed by atoms with Crippen LogP contribution in [0.4, 0.5) is 0 Å². The van der Waals surface area contributed by atoms with Gasteiger partial charge in [-0.25, -0.2) is 0 Å². The first kappa shape index (κ1) is 15.8. The Morgan fingerprint density at radius 3 is 2.90 bits per heavy atom. The second-order valence-electron chi connectivity index (χ2n) is 5.51. The minimum Gasteiger partial charge on any atom is -0.496 e. The molecule has 0 unspecified atom stereocenters. The molecule has 0 spiro atoms. The lowest BCUT2D eigenvalue weighted by atomic mass is 10.1. The maximum atomic E-state index is 12.5. The number of rotatable bonds is 4. The Balaban J connectivity index is 2.01. The third kappa shape index (κ3) is 3.74. The van der Waals surface area contributed by atoms with Gasteiger partial charge in [0.05, 0.1) is 19.8 Å². The lowest BCUT2D eigenvalue weighted by Gasteiger charge is -2.32. The first-order chi connectivity index (χ1) is 10.0. The van der Waals surface area contributed by atoms with E-state index in [4.69, 9.17) is 9.47 Å². The summed E-state index contributed by atoms with van der Waals surface area (Å²) in [5, 5.41) is 3.23. The predicted molar refractivity (Wildman–Crippen MR) is 81.4 cm³/mol. The molecule has 1 N–H and O–H groups in total. The fourth-order valence-electron chi connectivity index (χ4n) is 2.64. The van der Waals surface area contributed by atoms with E-state index in [9.17, 15) is 4.79 Å². The highest BCUT2D eigenvalue weighted by Crippen LogP contribution is 2.19. The van der Waals surface area contributed by atoms with Gasteiger partial charge in [-0.1, -0.05) is 12.1 Å². The molecule has 0 bridgehead atoms. The average molecular weight is 292 g/mol. The smallest absolute Gasteiger partial charge is 0.242 e. The molecule has 21 heavy (non-hydrogen) atoms. The van der Waals surface area contributed by atoms with E-state index in [0.29, 0.717) is 13.2 Å². The lowest BCUT2D eigenvalue weighted by molar-refractivity contribution is -0.138. The molecule has 0 radical (unpaired) electrons. The SMILES string of the molecule is COc1ccc(CN(C)C(=O)[C@H]2NCCO[C@@H]2C)cc1C. The molecule has 1 fully saturated rings. The number of likely N-dealkylation sites (N-methyl/N-ethyl adjacent to an activating group) is 1. The molecule has 0 saturated carbocycles. The first-order valence-corrected chi connectivity index (χ1v) is 7.26. The monoisotopic (exact) mass is 292 g/mol. The number of methoxy groups -OCH3 is 1. The number of nitrogens with zero attached hydrogens (tertiary/aromatic N) is 1. The van der Waals surface area contributed by atoms with Crippen LogP contribution in [0.2, 0.25) is 0 Å². The highest BCUT2D eigenvalue weighted by Gasteiger charge is 2.30. The van der Waals surface area contributed by atoms with E-state index in [0.717, 1.165) is 23.4 Å². The number of carbonyl (C=O) groups is 1. The number of morpholine rings is 1. The molecule has 116 valence electrons. The Labute approximate surface area is 126 Å². The van der Waals surface area contributed by atoms with Gasteiger partial charge in [-0.3, -0.25) is 4.79 Å². The third-order valence-corrected chi connectivity index (χ3v) is 3.84. The number of carbonyl (C=O) groups excluding carboxylic acids is 1. The van der Waals surface area contributed by atoms with Gasteiger partial charge >= 0.3 is 0 Å². The predicted octanol–water partition coefficient (Wildman–Crippen LogP) is 1.34. The van der Waals surface area contributed by atoms with Gasteiger partial charge in [0.2, 0.25) is 5.91 Å². The highest BCUT2D eigenvalue weighted by molar-refractivity contribution is 5.82. The van der Waals surface area contributed by atoms with Crippen molar-refractivity contribution < 1.29 is 14.3 Å². The Kier molecular flexibility index (Phi) is 5.20. The number of hydrogen-bond donors (Lipinski definition) is 1. The van der Waals surface area contributed by atoms with Gasteiger partial charge in [-0.15, -0.1) is 0 Å². The zero-order chi connectivity index (χ0) is 15.4. The topological polar surface area (TPSA) is 50.8 Å². The fraction of sp³-hybridized carbons (Fsp3) is 0.562. The third-order valence-electron chi connectivity index (χ3n) is 3.84. The lowest BCUT2D eigenvalue weighted by Crippen LogP contribution is -2.55. The van der Waals surface area contributed by atoms with Gasteiger partial charge in [-0.05, 0) is 31.0 Å². The van der Waals surface area contributed by atoms with Crippen LogP contribution in [0.3, 0.4) is 0 Å². The van der Waals surface area contributed by atoms with Crippen LogP contribution in [-0.4, -0.2) is 50.3 Å². The molecule has 1 aromatic carbocycles. The summed E-state index contributed by atoms with van der Waals surface area (Å²) in [6.45, 7) is 5.89. The van der Waals surface area contributed by atoms with Crippen molar-refractivity contribution in [2.24, 2.45) is 0 Å². The summed E-state index contributed by atoms with van der Waals surface area (Å²) in [6, 6.07) is 5.72. The van der Waals surface area contributed by atoms with E-state index in [1.807, 2.05) is 33.0 Å². The fourth-order valence-corrected chi connectivity index (χ4v) is 2.64. The zero-order valence-electron chi connectivity index (χ0n) is 13.2. The second kappa shape index (κ2) is 6.91. The van der Waals surface area contributed by atoms with Crippen LogP contribution in [0.15, 0.2) is 18.2 Å². The molecule has 2 rings (SSSR count). The largest absolute Gasteiger partial charge is 0.496 e. The zero-order valence-corrected chi connectivity index (χ0v) is 13.2. The van der Waals surface area contributed by atoms with Crippen molar-refractivity contribution in [3.05, 3.63) is 29.3 Å². The standard InChI is InChI=1S/C16H24N2O3/c1-11-9-13(5-6-14(11)20-4)10-18(3)16(19)15-12(2)21-8-7-17-15/h5-6,9,12,15,17H,7-8,10H2,1-4H3/t12-,15+/m1/s1. The molecule has 5 heteroatoms. The molecule has 1 aliphatic rings. The van der Waals surface area contributed by atoms with E-state index < -0.39 is 0 Å². The van der Waals surface area contributed by atoms with E-state index >= 15 is 0 Å². The molecule has 1 saturated heterocycles. The van der Waals surface area contributed by atoms with Crippen LogP contribution >= 0.6 is 0 Å². The minimum absolute atomic E-state index is 0.0654.